The van der Waals surface area contributed by atoms with E-state index in [-0.39, 0.29) is 0 Å². The minimum atomic E-state index is -2.07. The molecule has 0 aromatic rings. The highest BCUT2D eigenvalue weighted by Gasteiger charge is 2.49. The molecule has 0 nitrogen and oxygen atoms in total. The molecule has 1 aliphatic carbocycles. The van der Waals surface area contributed by atoms with Gasteiger partial charge in [0.05, 0.1) is 0 Å². The Bertz CT molecular complexity index is 117. The van der Waals surface area contributed by atoms with Crippen LogP contribution in [0.5, 0.6) is 0 Å². The van der Waals surface area contributed by atoms with Crippen molar-refractivity contribution in [2.45, 2.75) is 51.9 Å². The highest BCUT2D eigenvalue weighted by molar-refractivity contribution is 4.94. The van der Waals surface area contributed by atoms with Crippen molar-refractivity contribution in [3.05, 3.63) is 0 Å². The molecule has 0 N–H and O–H groups in total. The van der Waals surface area contributed by atoms with Crippen molar-refractivity contribution in [3.63, 3.8) is 0 Å². The second-order valence-corrected chi connectivity index (χ2v) is 3.62. The second kappa shape index (κ2) is 3.51. The number of hydrogen-bond acceptors (Lipinski definition) is 0. The maximum atomic E-state index is 12.3. The zero-order valence-corrected chi connectivity index (χ0v) is 7.08. The van der Waals surface area contributed by atoms with Crippen LogP contribution >= 0.6 is 0 Å². The molecule has 1 rings (SSSR count). The fraction of sp³-hybridized carbons (Fsp3) is 1.00. The Morgan fingerprint density at radius 3 is 2.27 bits per heavy atom. The lowest BCUT2D eigenvalue weighted by atomic mass is 9.99. The van der Waals surface area contributed by atoms with Crippen molar-refractivity contribution in [2.24, 2.45) is 5.41 Å². The first-order valence-electron chi connectivity index (χ1n) is 4.49. The summed E-state index contributed by atoms with van der Waals surface area (Å²) in [5.41, 5.74) is -0.533. The van der Waals surface area contributed by atoms with Gasteiger partial charge in [0, 0.05) is 5.41 Å². The molecule has 0 radical (unpaired) electrons. The Morgan fingerprint density at radius 2 is 1.91 bits per heavy atom. The van der Waals surface area contributed by atoms with Gasteiger partial charge in [-0.15, -0.1) is 0 Å². The number of rotatable bonds is 5. The van der Waals surface area contributed by atoms with Gasteiger partial charge in [0.1, 0.15) is 0 Å². The molecule has 0 amide bonds. The summed E-state index contributed by atoms with van der Waals surface area (Å²) in [4.78, 5) is 0. The highest BCUT2D eigenvalue weighted by Crippen LogP contribution is 2.54. The highest BCUT2D eigenvalue weighted by atomic mass is 19.3. The van der Waals surface area contributed by atoms with Gasteiger partial charge in [0.25, 0.3) is 0 Å². The summed E-state index contributed by atoms with van der Waals surface area (Å²) in [6, 6.07) is 0. The Labute approximate surface area is 67.0 Å². The van der Waals surface area contributed by atoms with Gasteiger partial charge in [-0.25, -0.2) is 8.78 Å². The van der Waals surface area contributed by atoms with Crippen molar-refractivity contribution in [2.75, 3.05) is 0 Å². The van der Waals surface area contributed by atoms with E-state index in [4.69, 9.17) is 0 Å². The van der Waals surface area contributed by atoms with Gasteiger partial charge in [-0.2, -0.15) is 0 Å². The van der Waals surface area contributed by atoms with Gasteiger partial charge in [0.15, 0.2) is 0 Å². The predicted molar refractivity (Wildman–Crippen MR) is 41.8 cm³/mol. The monoisotopic (exact) mass is 162 g/mol. The van der Waals surface area contributed by atoms with Crippen LogP contribution in [0.4, 0.5) is 8.78 Å². The summed E-state index contributed by atoms with van der Waals surface area (Å²) in [7, 11) is 0. The average molecular weight is 162 g/mol. The van der Waals surface area contributed by atoms with Crippen LogP contribution in [0.15, 0.2) is 0 Å². The molecule has 1 saturated carbocycles. The minimum absolute atomic E-state index is 0.533. The molecule has 0 aromatic carbocycles. The number of halogens is 2. The molecular formula is C9H16F2. The van der Waals surface area contributed by atoms with Crippen LogP contribution in [0, 0.1) is 5.41 Å². The van der Waals surface area contributed by atoms with Gasteiger partial charge >= 0.3 is 0 Å². The van der Waals surface area contributed by atoms with Gasteiger partial charge < -0.3 is 0 Å². The van der Waals surface area contributed by atoms with Crippen molar-refractivity contribution >= 4 is 0 Å². The molecule has 0 aliphatic heterocycles. The quantitative estimate of drug-likeness (QED) is 0.542. The molecule has 1 fully saturated rings. The summed E-state index contributed by atoms with van der Waals surface area (Å²) in [6.45, 7) is 2.10. The van der Waals surface area contributed by atoms with Gasteiger partial charge in [0.2, 0.25) is 6.43 Å². The van der Waals surface area contributed by atoms with E-state index in [2.05, 4.69) is 6.92 Å². The zero-order chi connectivity index (χ0) is 8.32. The van der Waals surface area contributed by atoms with Gasteiger partial charge in [-0.05, 0) is 19.3 Å². The largest absolute Gasteiger partial charge is 0.244 e. The van der Waals surface area contributed by atoms with E-state index in [9.17, 15) is 8.78 Å². The van der Waals surface area contributed by atoms with Crippen LogP contribution in [0.3, 0.4) is 0 Å². The Kier molecular flexibility index (Phi) is 2.85. The van der Waals surface area contributed by atoms with E-state index < -0.39 is 11.8 Å². The van der Waals surface area contributed by atoms with E-state index in [1.807, 2.05) is 0 Å². The lowest BCUT2D eigenvalue weighted by Gasteiger charge is -2.12. The van der Waals surface area contributed by atoms with Crippen molar-refractivity contribution < 1.29 is 8.78 Å². The molecular weight excluding hydrogens is 146 g/mol. The van der Waals surface area contributed by atoms with Crippen LogP contribution in [0.2, 0.25) is 0 Å². The molecule has 0 saturated heterocycles. The number of alkyl halides is 2. The predicted octanol–water partition coefficient (Wildman–Crippen LogP) is 3.61. The van der Waals surface area contributed by atoms with E-state index in [0.29, 0.717) is 0 Å². The number of hydrogen-bond donors (Lipinski definition) is 0. The lowest BCUT2D eigenvalue weighted by molar-refractivity contribution is 0.0549. The Morgan fingerprint density at radius 1 is 1.27 bits per heavy atom. The first-order chi connectivity index (χ1) is 5.21. The van der Waals surface area contributed by atoms with Crippen molar-refractivity contribution in [1.29, 1.82) is 0 Å². The van der Waals surface area contributed by atoms with Crippen LogP contribution < -0.4 is 0 Å². The summed E-state index contributed by atoms with van der Waals surface area (Å²) >= 11 is 0. The zero-order valence-electron chi connectivity index (χ0n) is 7.08. The first kappa shape index (κ1) is 8.95. The molecule has 0 unspecified atom stereocenters. The third-order valence-corrected chi connectivity index (χ3v) is 2.63. The fourth-order valence-electron chi connectivity index (χ4n) is 1.46. The van der Waals surface area contributed by atoms with E-state index in [1.54, 1.807) is 0 Å². The SMILES string of the molecule is CCCCCC1(C(F)F)CC1. The van der Waals surface area contributed by atoms with Crippen LogP contribution in [-0.4, -0.2) is 6.43 Å². The van der Waals surface area contributed by atoms with Crippen LogP contribution in [0.1, 0.15) is 45.4 Å². The van der Waals surface area contributed by atoms with Gasteiger partial charge in [-0.1, -0.05) is 26.2 Å². The lowest BCUT2D eigenvalue weighted by Crippen LogP contribution is -2.11. The molecule has 0 bridgehead atoms. The third kappa shape index (κ3) is 2.14. The smallest absolute Gasteiger partial charge is 0.210 e. The summed E-state index contributed by atoms with van der Waals surface area (Å²) in [5, 5.41) is 0. The molecule has 11 heavy (non-hydrogen) atoms. The Balaban J connectivity index is 2.14. The van der Waals surface area contributed by atoms with Crippen LogP contribution in [0.25, 0.3) is 0 Å². The summed E-state index contributed by atoms with van der Waals surface area (Å²) in [5.74, 6) is 0. The Hall–Kier alpha value is -0.140. The van der Waals surface area contributed by atoms with Crippen molar-refractivity contribution in [3.8, 4) is 0 Å². The molecule has 0 spiro atoms. The van der Waals surface area contributed by atoms with Crippen molar-refractivity contribution in [1.82, 2.24) is 0 Å². The van der Waals surface area contributed by atoms with Gasteiger partial charge in [-0.3, -0.25) is 0 Å². The van der Waals surface area contributed by atoms with Crippen LogP contribution in [-0.2, 0) is 0 Å². The molecule has 0 aromatic heterocycles. The minimum Gasteiger partial charge on any atom is -0.210 e. The van der Waals surface area contributed by atoms with E-state index in [0.717, 1.165) is 38.5 Å². The topological polar surface area (TPSA) is 0 Å². The fourth-order valence-corrected chi connectivity index (χ4v) is 1.46. The molecule has 0 heterocycles. The second-order valence-electron chi connectivity index (χ2n) is 3.62. The third-order valence-electron chi connectivity index (χ3n) is 2.63. The number of unbranched alkanes of at least 4 members (excludes halogenated alkanes) is 2. The normalized spacial score (nSPS) is 20.7. The standard InChI is InChI=1S/C9H16F2/c1-2-3-4-5-9(6-7-9)8(10)11/h8H,2-7H2,1H3. The molecule has 66 valence electrons. The first-order valence-corrected chi connectivity index (χ1v) is 4.49. The summed E-state index contributed by atoms with van der Waals surface area (Å²) in [6.07, 6.45) is 3.41. The maximum absolute atomic E-state index is 12.3. The maximum Gasteiger partial charge on any atom is 0.244 e. The van der Waals surface area contributed by atoms with E-state index in [1.165, 1.54) is 0 Å². The summed E-state index contributed by atoms with van der Waals surface area (Å²) < 4.78 is 24.6. The molecule has 2 heteroatoms. The molecule has 1 aliphatic rings. The average Bonchev–Trinajstić information content (AvgIpc) is 2.70. The van der Waals surface area contributed by atoms with E-state index >= 15 is 0 Å². The molecule has 0 atom stereocenters.